The van der Waals surface area contributed by atoms with Gasteiger partial charge in [-0.3, -0.25) is 4.79 Å². The van der Waals surface area contributed by atoms with Gasteiger partial charge in [-0.2, -0.15) is 0 Å². The molecule has 0 aliphatic heterocycles. The van der Waals surface area contributed by atoms with E-state index in [0.717, 1.165) is 0 Å². The molecule has 0 aliphatic carbocycles. The van der Waals surface area contributed by atoms with Crippen LogP contribution in [0.4, 0.5) is 0 Å². The molecular formula is C9H16O2S. The lowest BCUT2D eigenvalue weighted by atomic mass is 10.2. The summed E-state index contributed by atoms with van der Waals surface area (Å²) in [4.78, 5) is 21.7. The summed E-state index contributed by atoms with van der Waals surface area (Å²) in [6.45, 7) is 7.48. The molecule has 2 nitrogen and oxygen atoms in total. The van der Waals surface area contributed by atoms with Crippen LogP contribution in [0.3, 0.4) is 0 Å². The maximum Gasteiger partial charge on any atom is 0.189 e. The SMILES string of the molecule is CC(=O)CCC(=O)SC(C)(C)C. The first kappa shape index (κ1) is 11.7. The van der Waals surface area contributed by atoms with Gasteiger partial charge in [0.15, 0.2) is 5.12 Å². The predicted molar refractivity (Wildman–Crippen MR) is 52.3 cm³/mol. The molecule has 0 bridgehead atoms. The van der Waals surface area contributed by atoms with Crippen LogP contribution >= 0.6 is 11.8 Å². The number of carbonyl (C=O) groups excluding carboxylic acids is 2. The third-order valence-electron chi connectivity index (χ3n) is 1.10. The average Bonchev–Trinajstić information content (AvgIpc) is 1.79. The zero-order valence-electron chi connectivity index (χ0n) is 8.14. The minimum Gasteiger partial charge on any atom is -0.300 e. The maximum atomic E-state index is 11.2. The van der Waals surface area contributed by atoms with Crippen LogP contribution in [0.25, 0.3) is 0 Å². The minimum atomic E-state index is -0.0339. The highest BCUT2D eigenvalue weighted by Gasteiger charge is 2.16. The largest absolute Gasteiger partial charge is 0.300 e. The molecule has 0 amide bonds. The lowest BCUT2D eigenvalue weighted by Gasteiger charge is -2.15. The predicted octanol–water partition coefficient (Wildman–Crippen LogP) is 2.41. The van der Waals surface area contributed by atoms with Crippen molar-refractivity contribution < 1.29 is 9.59 Å². The van der Waals surface area contributed by atoms with Crippen molar-refractivity contribution in [2.45, 2.75) is 45.3 Å². The Morgan fingerprint density at radius 2 is 1.67 bits per heavy atom. The molecule has 0 heterocycles. The molecule has 0 fully saturated rings. The van der Waals surface area contributed by atoms with Gasteiger partial charge in [0.2, 0.25) is 0 Å². The van der Waals surface area contributed by atoms with E-state index >= 15 is 0 Å². The van der Waals surface area contributed by atoms with Gasteiger partial charge in [-0.1, -0.05) is 32.5 Å². The molecule has 0 radical (unpaired) electrons. The Morgan fingerprint density at radius 3 is 2.00 bits per heavy atom. The van der Waals surface area contributed by atoms with Gasteiger partial charge in [-0.05, 0) is 6.92 Å². The summed E-state index contributed by atoms with van der Waals surface area (Å²) in [6.07, 6.45) is 0.749. The van der Waals surface area contributed by atoms with Crippen molar-refractivity contribution in [1.29, 1.82) is 0 Å². The number of Topliss-reactive ketones (excluding diaryl/α,β-unsaturated/α-hetero) is 1. The van der Waals surface area contributed by atoms with E-state index in [2.05, 4.69) is 0 Å². The van der Waals surface area contributed by atoms with Gasteiger partial charge < -0.3 is 4.79 Å². The van der Waals surface area contributed by atoms with Crippen LogP contribution in [-0.2, 0) is 9.59 Å². The Balaban J connectivity index is 3.68. The number of hydrogen-bond acceptors (Lipinski definition) is 3. The Hall–Kier alpha value is -0.310. The van der Waals surface area contributed by atoms with Crippen molar-refractivity contribution in [3.05, 3.63) is 0 Å². The number of rotatable bonds is 3. The molecule has 0 aromatic carbocycles. The smallest absolute Gasteiger partial charge is 0.189 e. The van der Waals surface area contributed by atoms with E-state index < -0.39 is 0 Å². The summed E-state index contributed by atoms with van der Waals surface area (Å²) in [5.41, 5.74) is 0. The Kier molecular flexibility index (Phi) is 4.53. The van der Waals surface area contributed by atoms with Crippen molar-refractivity contribution >= 4 is 22.7 Å². The van der Waals surface area contributed by atoms with Crippen LogP contribution in [0.2, 0.25) is 0 Å². The van der Waals surface area contributed by atoms with Crippen molar-refractivity contribution in [2.24, 2.45) is 0 Å². The average molecular weight is 188 g/mol. The highest BCUT2D eigenvalue weighted by atomic mass is 32.2. The van der Waals surface area contributed by atoms with Crippen LogP contribution in [0.5, 0.6) is 0 Å². The van der Waals surface area contributed by atoms with Crippen molar-refractivity contribution in [1.82, 2.24) is 0 Å². The van der Waals surface area contributed by atoms with E-state index in [-0.39, 0.29) is 15.6 Å². The van der Waals surface area contributed by atoms with Crippen LogP contribution in [-0.4, -0.2) is 15.6 Å². The van der Waals surface area contributed by atoms with E-state index in [4.69, 9.17) is 0 Å². The number of ketones is 1. The molecule has 70 valence electrons. The molecule has 0 atom stereocenters. The third-order valence-corrected chi connectivity index (χ3v) is 2.15. The van der Waals surface area contributed by atoms with E-state index in [9.17, 15) is 9.59 Å². The van der Waals surface area contributed by atoms with Gasteiger partial charge in [-0.25, -0.2) is 0 Å². The zero-order valence-corrected chi connectivity index (χ0v) is 8.96. The Bertz CT molecular complexity index is 179. The molecule has 12 heavy (non-hydrogen) atoms. The lowest BCUT2D eigenvalue weighted by Crippen LogP contribution is -2.12. The molecule has 0 aromatic rings. The summed E-state index contributed by atoms with van der Waals surface area (Å²) in [5, 5.41) is 0.109. The molecule has 0 rings (SSSR count). The van der Waals surface area contributed by atoms with E-state index in [0.29, 0.717) is 12.8 Å². The fourth-order valence-corrected chi connectivity index (χ4v) is 1.56. The van der Waals surface area contributed by atoms with Gasteiger partial charge in [0.25, 0.3) is 0 Å². The third kappa shape index (κ3) is 7.79. The number of thioether (sulfide) groups is 1. The second-order valence-corrected chi connectivity index (χ2v) is 5.67. The molecule has 0 spiro atoms. The molecule has 0 saturated carbocycles. The Morgan fingerprint density at radius 1 is 1.17 bits per heavy atom. The second-order valence-electron chi connectivity index (χ2n) is 3.79. The van der Waals surface area contributed by atoms with Gasteiger partial charge in [0, 0.05) is 17.6 Å². The zero-order chi connectivity index (χ0) is 9.78. The topological polar surface area (TPSA) is 34.1 Å². The van der Waals surface area contributed by atoms with Crippen molar-refractivity contribution in [3.8, 4) is 0 Å². The van der Waals surface area contributed by atoms with Crippen LogP contribution < -0.4 is 0 Å². The van der Waals surface area contributed by atoms with Gasteiger partial charge in [-0.15, -0.1) is 0 Å². The fraction of sp³-hybridized carbons (Fsp3) is 0.778. The molecule has 0 saturated heterocycles. The van der Waals surface area contributed by atoms with Crippen LogP contribution in [0.1, 0.15) is 40.5 Å². The second kappa shape index (κ2) is 4.65. The first-order chi connectivity index (χ1) is 5.31. The summed E-state index contributed by atoms with van der Waals surface area (Å²) < 4.78 is -0.0339. The normalized spacial score (nSPS) is 11.3. The summed E-state index contributed by atoms with van der Waals surface area (Å²) >= 11 is 1.31. The van der Waals surface area contributed by atoms with Gasteiger partial charge in [0.1, 0.15) is 5.78 Å². The maximum absolute atomic E-state index is 11.2. The monoisotopic (exact) mass is 188 g/mol. The summed E-state index contributed by atoms with van der Waals surface area (Å²) in [6, 6.07) is 0. The standard InChI is InChI=1S/C9H16O2S/c1-7(10)5-6-8(11)12-9(2,3)4/h5-6H2,1-4H3. The quantitative estimate of drug-likeness (QED) is 0.682. The van der Waals surface area contributed by atoms with E-state index in [1.807, 2.05) is 20.8 Å². The van der Waals surface area contributed by atoms with Crippen molar-refractivity contribution in [3.63, 3.8) is 0 Å². The molecular weight excluding hydrogens is 172 g/mol. The summed E-state index contributed by atoms with van der Waals surface area (Å²) in [7, 11) is 0. The molecule has 0 aliphatic rings. The molecule has 0 N–H and O–H groups in total. The van der Waals surface area contributed by atoms with E-state index in [1.165, 1.54) is 18.7 Å². The van der Waals surface area contributed by atoms with Crippen molar-refractivity contribution in [2.75, 3.05) is 0 Å². The molecule has 0 aromatic heterocycles. The first-order valence-corrected chi connectivity index (χ1v) is 4.84. The Labute approximate surface area is 78.1 Å². The first-order valence-electron chi connectivity index (χ1n) is 4.02. The molecule has 0 unspecified atom stereocenters. The number of carbonyl (C=O) groups is 2. The molecule has 3 heteroatoms. The minimum absolute atomic E-state index is 0.0339. The van der Waals surface area contributed by atoms with Crippen LogP contribution in [0.15, 0.2) is 0 Å². The van der Waals surface area contributed by atoms with E-state index in [1.54, 1.807) is 0 Å². The van der Waals surface area contributed by atoms with Crippen LogP contribution in [0, 0.1) is 0 Å². The van der Waals surface area contributed by atoms with Gasteiger partial charge in [0.05, 0.1) is 0 Å². The van der Waals surface area contributed by atoms with Gasteiger partial charge >= 0.3 is 0 Å². The lowest BCUT2D eigenvalue weighted by molar-refractivity contribution is -0.119. The number of hydrogen-bond donors (Lipinski definition) is 0. The highest BCUT2D eigenvalue weighted by molar-refractivity contribution is 8.14. The highest BCUT2D eigenvalue weighted by Crippen LogP contribution is 2.25. The fourth-order valence-electron chi connectivity index (χ4n) is 0.671. The summed E-state index contributed by atoms with van der Waals surface area (Å²) in [5.74, 6) is 0.0814.